The number of rotatable bonds is 8. The first kappa shape index (κ1) is 26.6. The predicted octanol–water partition coefficient (Wildman–Crippen LogP) is 3.80. The van der Waals surface area contributed by atoms with Crippen molar-refractivity contribution in [2.75, 3.05) is 39.0 Å². The van der Waals surface area contributed by atoms with Crippen molar-refractivity contribution < 1.29 is 19.4 Å². The Hall–Kier alpha value is -2.68. The fraction of sp³-hybridized carbons (Fsp3) is 0.391. The second kappa shape index (κ2) is 12.5. The maximum absolute atomic E-state index is 12.6. The average Bonchev–Trinajstić information content (AvgIpc) is 2.79. The summed E-state index contributed by atoms with van der Waals surface area (Å²) in [4.78, 5) is 26.1. The lowest BCUT2D eigenvalue weighted by molar-refractivity contribution is 0.0932. The molecule has 0 bridgehead atoms. The van der Waals surface area contributed by atoms with Crippen molar-refractivity contribution in [1.82, 2.24) is 15.5 Å². The van der Waals surface area contributed by atoms with Crippen LogP contribution in [0.4, 0.5) is 10.5 Å². The van der Waals surface area contributed by atoms with Crippen molar-refractivity contribution in [3.05, 3.63) is 58.6 Å². The number of benzene rings is 2. The number of anilines is 1. The highest BCUT2D eigenvalue weighted by atomic mass is 35.5. The van der Waals surface area contributed by atoms with Gasteiger partial charge >= 0.3 is 6.09 Å². The number of methoxy groups -OCH3 is 1. The van der Waals surface area contributed by atoms with Crippen molar-refractivity contribution in [1.29, 1.82) is 0 Å². The highest BCUT2D eigenvalue weighted by Crippen LogP contribution is 2.29. The van der Waals surface area contributed by atoms with Gasteiger partial charge in [0.05, 0.1) is 29.4 Å². The van der Waals surface area contributed by atoms with Crippen LogP contribution in [0.1, 0.15) is 34.8 Å². The van der Waals surface area contributed by atoms with Crippen molar-refractivity contribution >= 4 is 41.7 Å². The lowest BCUT2D eigenvalue weighted by Gasteiger charge is -2.34. The molecule has 1 aliphatic heterocycles. The molecule has 1 unspecified atom stereocenters. The van der Waals surface area contributed by atoms with Crippen LogP contribution in [0.3, 0.4) is 0 Å². The van der Waals surface area contributed by atoms with Gasteiger partial charge in [0.15, 0.2) is 0 Å². The van der Waals surface area contributed by atoms with E-state index < -0.39 is 6.09 Å². The molecule has 1 saturated heterocycles. The highest BCUT2D eigenvalue weighted by Gasteiger charge is 2.24. The third-order valence-corrected chi connectivity index (χ3v) is 6.09. The summed E-state index contributed by atoms with van der Waals surface area (Å²) < 4.78 is 5.26. The molecule has 2 amide bonds. The molecular weight excluding hydrogens is 467 g/mol. The van der Waals surface area contributed by atoms with Gasteiger partial charge in [0.25, 0.3) is 5.91 Å². The number of nitrogens with one attached hydrogen (secondary N) is 2. The SMILES string of the molecule is COc1cc(N)c(Cl)cc1C(=O)NCC1CCN(CC(NC(=O)O)c2ccccc2)CC1.Cl. The van der Waals surface area contributed by atoms with Crippen LogP contribution in [0.2, 0.25) is 5.02 Å². The Morgan fingerprint density at radius 3 is 2.52 bits per heavy atom. The monoisotopic (exact) mass is 496 g/mol. The van der Waals surface area contributed by atoms with Crippen LogP contribution in [0, 0.1) is 5.92 Å². The zero-order chi connectivity index (χ0) is 23.1. The normalized spacial score (nSPS) is 15.2. The fourth-order valence-corrected chi connectivity index (χ4v) is 4.11. The number of carbonyl (C=O) groups excluding carboxylic acids is 1. The Bertz CT molecular complexity index is 938. The minimum Gasteiger partial charge on any atom is -0.496 e. The molecule has 0 saturated carbocycles. The van der Waals surface area contributed by atoms with Crippen LogP contribution >= 0.6 is 24.0 Å². The number of hydrogen-bond acceptors (Lipinski definition) is 5. The molecule has 0 aromatic heterocycles. The molecule has 2 aromatic carbocycles. The van der Waals surface area contributed by atoms with E-state index in [1.54, 1.807) is 6.07 Å². The number of likely N-dealkylation sites (tertiary alicyclic amines) is 1. The topological polar surface area (TPSA) is 117 Å². The first-order valence-corrected chi connectivity index (χ1v) is 10.9. The standard InChI is InChI=1S/C23H29ClN4O4.ClH/c1-32-21-12-19(25)18(24)11-17(21)22(29)26-13-15-7-9-28(10-8-15)14-20(27-23(30)31)16-5-3-2-4-6-16;/h2-6,11-12,15,20,27H,7-10,13-14,25H2,1H3,(H,26,29)(H,30,31);1H. The summed E-state index contributed by atoms with van der Waals surface area (Å²) >= 11 is 6.06. The smallest absolute Gasteiger partial charge is 0.405 e. The number of ether oxygens (including phenoxy) is 1. The van der Waals surface area contributed by atoms with Crippen LogP contribution in [0.5, 0.6) is 5.75 Å². The summed E-state index contributed by atoms with van der Waals surface area (Å²) in [5, 5.41) is 15.1. The summed E-state index contributed by atoms with van der Waals surface area (Å²) in [5.74, 6) is 0.478. The fourth-order valence-electron chi connectivity index (χ4n) is 3.95. The molecule has 2 aromatic rings. The molecule has 1 aliphatic rings. The minimum atomic E-state index is -1.03. The number of nitrogen functional groups attached to an aromatic ring is 1. The zero-order valence-electron chi connectivity index (χ0n) is 18.4. The Morgan fingerprint density at radius 2 is 1.91 bits per heavy atom. The second-order valence-electron chi connectivity index (χ2n) is 7.94. The maximum Gasteiger partial charge on any atom is 0.405 e. The summed E-state index contributed by atoms with van der Waals surface area (Å²) in [7, 11) is 1.48. The van der Waals surface area contributed by atoms with Crippen molar-refractivity contribution in [2.45, 2.75) is 18.9 Å². The van der Waals surface area contributed by atoms with Crippen LogP contribution in [0.25, 0.3) is 0 Å². The molecule has 0 radical (unpaired) electrons. The molecule has 1 fully saturated rings. The third kappa shape index (κ3) is 7.42. The number of nitrogens with zero attached hydrogens (tertiary/aromatic N) is 1. The number of nitrogens with two attached hydrogens (primary N) is 1. The molecule has 1 atom stereocenters. The molecule has 3 rings (SSSR count). The number of halogens is 2. The molecule has 1 heterocycles. The first-order valence-electron chi connectivity index (χ1n) is 10.5. The van der Waals surface area contributed by atoms with Gasteiger partial charge in [0.2, 0.25) is 0 Å². The van der Waals surface area contributed by atoms with Gasteiger partial charge in [-0.25, -0.2) is 4.79 Å². The van der Waals surface area contributed by atoms with Crippen molar-refractivity contribution in [3.63, 3.8) is 0 Å². The lowest BCUT2D eigenvalue weighted by Crippen LogP contribution is -2.43. The van der Waals surface area contributed by atoms with E-state index in [-0.39, 0.29) is 24.4 Å². The Balaban J connectivity index is 0.00000385. The van der Waals surface area contributed by atoms with Gasteiger partial charge in [-0.15, -0.1) is 12.4 Å². The van der Waals surface area contributed by atoms with E-state index in [9.17, 15) is 14.7 Å². The van der Waals surface area contributed by atoms with Crippen LogP contribution in [0.15, 0.2) is 42.5 Å². The van der Waals surface area contributed by atoms with E-state index in [1.807, 2.05) is 30.3 Å². The molecule has 10 heteroatoms. The molecule has 180 valence electrons. The lowest BCUT2D eigenvalue weighted by atomic mass is 9.95. The summed E-state index contributed by atoms with van der Waals surface area (Å²) in [6, 6.07) is 12.4. The number of amides is 2. The number of carbonyl (C=O) groups is 2. The quantitative estimate of drug-likeness (QED) is 0.413. The zero-order valence-corrected chi connectivity index (χ0v) is 20.0. The van der Waals surface area contributed by atoms with Gasteiger partial charge in [-0.05, 0) is 43.5 Å². The Labute approximate surface area is 204 Å². The maximum atomic E-state index is 12.6. The highest BCUT2D eigenvalue weighted by molar-refractivity contribution is 6.33. The van der Waals surface area contributed by atoms with Gasteiger partial charge in [0.1, 0.15) is 5.75 Å². The van der Waals surface area contributed by atoms with Gasteiger partial charge in [-0.2, -0.15) is 0 Å². The molecule has 5 N–H and O–H groups in total. The molecule has 8 nitrogen and oxygen atoms in total. The molecule has 33 heavy (non-hydrogen) atoms. The van der Waals surface area contributed by atoms with Gasteiger partial charge < -0.3 is 31.1 Å². The number of piperidine rings is 1. The number of carboxylic acid groups (broad SMARTS) is 1. The van der Waals surface area contributed by atoms with Crippen LogP contribution in [-0.4, -0.2) is 55.3 Å². The van der Waals surface area contributed by atoms with Gasteiger partial charge in [-0.3, -0.25) is 4.79 Å². The van der Waals surface area contributed by atoms with E-state index in [4.69, 9.17) is 22.1 Å². The number of hydrogen-bond donors (Lipinski definition) is 4. The predicted molar refractivity (Wildman–Crippen MR) is 132 cm³/mol. The van der Waals surface area contributed by atoms with Crippen molar-refractivity contribution in [2.24, 2.45) is 5.92 Å². The summed E-state index contributed by atoms with van der Waals surface area (Å²) in [6.45, 7) is 2.83. The first-order chi connectivity index (χ1) is 15.4. The van der Waals surface area contributed by atoms with E-state index in [1.165, 1.54) is 13.2 Å². The van der Waals surface area contributed by atoms with Gasteiger partial charge in [0, 0.05) is 19.2 Å². The summed E-state index contributed by atoms with van der Waals surface area (Å²) in [6.07, 6.45) is 0.790. The van der Waals surface area contributed by atoms with Crippen molar-refractivity contribution in [3.8, 4) is 5.75 Å². The van der Waals surface area contributed by atoms with E-state index in [0.29, 0.717) is 41.0 Å². The third-order valence-electron chi connectivity index (χ3n) is 5.76. The second-order valence-corrected chi connectivity index (χ2v) is 8.35. The van der Waals surface area contributed by atoms with Crippen LogP contribution in [-0.2, 0) is 0 Å². The average molecular weight is 497 g/mol. The summed E-state index contributed by atoms with van der Waals surface area (Å²) in [5.41, 5.74) is 7.44. The van der Waals surface area contributed by atoms with E-state index >= 15 is 0 Å². The minimum absolute atomic E-state index is 0. The van der Waals surface area contributed by atoms with E-state index in [0.717, 1.165) is 31.5 Å². The molecule has 0 spiro atoms. The van der Waals surface area contributed by atoms with E-state index in [2.05, 4.69) is 15.5 Å². The molecule has 0 aliphatic carbocycles. The largest absolute Gasteiger partial charge is 0.496 e. The van der Waals surface area contributed by atoms with Crippen LogP contribution < -0.4 is 21.1 Å². The Morgan fingerprint density at radius 1 is 1.24 bits per heavy atom. The molecular formula is C23H30Cl2N4O4. The van der Waals surface area contributed by atoms with Gasteiger partial charge in [-0.1, -0.05) is 41.9 Å². The Kier molecular flexibility index (Phi) is 10.1.